The van der Waals surface area contributed by atoms with E-state index in [-0.39, 0.29) is 18.9 Å². The molecule has 6 heteroatoms. The summed E-state index contributed by atoms with van der Waals surface area (Å²) in [6, 6.07) is -0.921. The number of amides is 1. The Morgan fingerprint density at radius 2 is 2.28 bits per heavy atom. The fraction of sp³-hybridized carbons (Fsp3) is 0.833. The van der Waals surface area contributed by atoms with Gasteiger partial charge in [0.2, 0.25) is 5.91 Å². The molecule has 0 aromatic rings. The number of nitrogens with two attached hydrogens (primary N) is 1. The van der Waals surface area contributed by atoms with E-state index in [0.717, 1.165) is 12.8 Å². The number of nitrogens with zero attached hydrogens (tertiary/aromatic N) is 1. The molecular formula is C12H22N2O4. The number of carboxylic acid groups (broad SMARTS) is 1. The van der Waals surface area contributed by atoms with Crippen molar-refractivity contribution in [1.29, 1.82) is 0 Å². The van der Waals surface area contributed by atoms with E-state index in [1.165, 1.54) is 0 Å². The lowest BCUT2D eigenvalue weighted by Gasteiger charge is -2.36. The van der Waals surface area contributed by atoms with E-state index < -0.39 is 18.1 Å². The molecule has 0 bridgehead atoms. The lowest BCUT2D eigenvalue weighted by molar-refractivity contribution is -0.147. The molecule has 1 saturated heterocycles. The van der Waals surface area contributed by atoms with Gasteiger partial charge >= 0.3 is 5.97 Å². The summed E-state index contributed by atoms with van der Waals surface area (Å²) in [4.78, 5) is 24.5. The second-order valence-electron chi connectivity index (χ2n) is 4.61. The number of unbranched alkanes of at least 4 members (excludes halogenated alkanes) is 1. The van der Waals surface area contributed by atoms with Crippen LogP contribution >= 0.6 is 0 Å². The summed E-state index contributed by atoms with van der Waals surface area (Å²) >= 11 is 0. The van der Waals surface area contributed by atoms with Crippen molar-refractivity contribution < 1.29 is 19.4 Å². The first-order valence-corrected chi connectivity index (χ1v) is 6.41. The van der Waals surface area contributed by atoms with Crippen LogP contribution in [0.2, 0.25) is 0 Å². The van der Waals surface area contributed by atoms with E-state index in [2.05, 4.69) is 0 Å². The highest BCUT2D eigenvalue weighted by molar-refractivity contribution is 5.82. The predicted molar refractivity (Wildman–Crippen MR) is 66.1 cm³/mol. The molecule has 1 rings (SSSR count). The van der Waals surface area contributed by atoms with Gasteiger partial charge in [0, 0.05) is 6.54 Å². The number of morpholine rings is 1. The summed E-state index contributed by atoms with van der Waals surface area (Å²) in [5.41, 5.74) is 5.85. The van der Waals surface area contributed by atoms with Gasteiger partial charge in [-0.3, -0.25) is 9.59 Å². The van der Waals surface area contributed by atoms with Crippen LogP contribution in [0.4, 0.5) is 0 Å². The highest BCUT2D eigenvalue weighted by atomic mass is 16.5. The molecule has 3 N–H and O–H groups in total. The van der Waals surface area contributed by atoms with Crippen molar-refractivity contribution in [2.75, 3.05) is 19.8 Å². The summed E-state index contributed by atoms with van der Waals surface area (Å²) in [6.45, 7) is 3.19. The van der Waals surface area contributed by atoms with Gasteiger partial charge in [0.15, 0.2) is 0 Å². The van der Waals surface area contributed by atoms with Crippen molar-refractivity contribution in [3.05, 3.63) is 0 Å². The monoisotopic (exact) mass is 258 g/mol. The zero-order valence-corrected chi connectivity index (χ0v) is 10.8. The molecule has 1 aliphatic heterocycles. The Hall–Kier alpha value is -1.14. The molecule has 104 valence electrons. The summed E-state index contributed by atoms with van der Waals surface area (Å²) in [5, 5.41) is 8.82. The molecule has 0 spiro atoms. The average molecular weight is 258 g/mol. The molecule has 0 radical (unpaired) electrons. The molecule has 1 unspecified atom stereocenters. The zero-order chi connectivity index (χ0) is 13.5. The largest absolute Gasteiger partial charge is 0.481 e. The smallest absolute Gasteiger partial charge is 0.305 e. The maximum atomic E-state index is 12.1. The summed E-state index contributed by atoms with van der Waals surface area (Å²) < 4.78 is 5.23. The minimum atomic E-state index is -0.926. The van der Waals surface area contributed by atoms with Gasteiger partial charge in [0.1, 0.15) is 0 Å². The van der Waals surface area contributed by atoms with Crippen LogP contribution in [0, 0.1) is 0 Å². The van der Waals surface area contributed by atoms with Crippen LogP contribution in [-0.4, -0.2) is 53.7 Å². The Labute approximate surface area is 107 Å². The standard InChI is InChI=1S/C12H22N2O4/c1-2-3-4-10(13)12(17)14-5-6-18-8-9(14)7-11(15)16/h9-10H,2-8,13H2,1H3,(H,15,16)/t9?,10-/m0/s1. The Morgan fingerprint density at radius 3 is 2.89 bits per heavy atom. The first-order chi connectivity index (χ1) is 8.56. The number of carboxylic acids is 1. The normalized spacial score (nSPS) is 21.7. The first kappa shape index (κ1) is 14.9. The Morgan fingerprint density at radius 1 is 1.56 bits per heavy atom. The van der Waals surface area contributed by atoms with Crippen LogP contribution < -0.4 is 5.73 Å². The summed E-state index contributed by atoms with van der Waals surface area (Å²) in [7, 11) is 0. The quantitative estimate of drug-likeness (QED) is 0.710. The van der Waals surface area contributed by atoms with Crippen LogP contribution in [0.3, 0.4) is 0 Å². The number of carbonyl (C=O) groups is 2. The molecule has 1 fully saturated rings. The van der Waals surface area contributed by atoms with E-state index in [1.54, 1.807) is 4.90 Å². The molecule has 1 heterocycles. The van der Waals surface area contributed by atoms with Crippen molar-refractivity contribution in [3.63, 3.8) is 0 Å². The maximum Gasteiger partial charge on any atom is 0.305 e. The van der Waals surface area contributed by atoms with Crippen molar-refractivity contribution in [2.45, 2.75) is 44.7 Å². The van der Waals surface area contributed by atoms with Gasteiger partial charge in [0.25, 0.3) is 0 Å². The lowest BCUT2D eigenvalue weighted by atomic mass is 10.1. The van der Waals surface area contributed by atoms with Crippen molar-refractivity contribution >= 4 is 11.9 Å². The van der Waals surface area contributed by atoms with E-state index in [9.17, 15) is 9.59 Å². The maximum absolute atomic E-state index is 12.1. The molecule has 0 aromatic heterocycles. The van der Waals surface area contributed by atoms with Crippen LogP contribution in [0.1, 0.15) is 32.6 Å². The van der Waals surface area contributed by atoms with Crippen LogP contribution in [0.15, 0.2) is 0 Å². The number of rotatable bonds is 6. The van der Waals surface area contributed by atoms with Gasteiger partial charge in [-0.15, -0.1) is 0 Å². The second kappa shape index (κ2) is 7.33. The summed E-state index contributed by atoms with van der Waals surface area (Å²) in [5.74, 6) is -1.08. The van der Waals surface area contributed by atoms with Crippen LogP contribution in [0.5, 0.6) is 0 Å². The van der Waals surface area contributed by atoms with Crippen molar-refractivity contribution in [3.8, 4) is 0 Å². The predicted octanol–water partition coefficient (Wildman–Crippen LogP) is 0.206. The molecule has 18 heavy (non-hydrogen) atoms. The first-order valence-electron chi connectivity index (χ1n) is 6.41. The zero-order valence-electron chi connectivity index (χ0n) is 10.8. The van der Waals surface area contributed by atoms with Crippen molar-refractivity contribution in [2.24, 2.45) is 5.73 Å². The van der Waals surface area contributed by atoms with E-state index in [1.807, 2.05) is 6.92 Å². The Bertz CT molecular complexity index is 296. The topological polar surface area (TPSA) is 92.9 Å². The van der Waals surface area contributed by atoms with Gasteiger partial charge in [0.05, 0.1) is 31.7 Å². The third kappa shape index (κ3) is 4.27. The number of ether oxygens (including phenoxy) is 1. The van der Waals surface area contributed by atoms with E-state index in [4.69, 9.17) is 15.6 Å². The molecule has 1 aliphatic rings. The number of hydrogen-bond donors (Lipinski definition) is 2. The Kier molecular flexibility index (Phi) is 6.07. The van der Waals surface area contributed by atoms with E-state index >= 15 is 0 Å². The molecule has 0 aromatic carbocycles. The van der Waals surface area contributed by atoms with Gasteiger partial charge < -0.3 is 20.5 Å². The third-order valence-corrected chi connectivity index (χ3v) is 3.11. The van der Waals surface area contributed by atoms with Gasteiger partial charge in [-0.1, -0.05) is 19.8 Å². The fourth-order valence-corrected chi connectivity index (χ4v) is 2.08. The minimum absolute atomic E-state index is 0.0910. The van der Waals surface area contributed by atoms with Gasteiger partial charge in [-0.2, -0.15) is 0 Å². The molecule has 0 saturated carbocycles. The SMILES string of the molecule is CCCC[C@H](N)C(=O)N1CCOCC1CC(=O)O. The number of carbonyl (C=O) groups excluding carboxylic acids is 1. The minimum Gasteiger partial charge on any atom is -0.481 e. The van der Waals surface area contributed by atoms with Crippen LogP contribution in [-0.2, 0) is 14.3 Å². The highest BCUT2D eigenvalue weighted by Crippen LogP contribution is 2.13. The average Bonchev–Trinajstić information content (AvgIpc) is 2.35. The van der Waals surface area contributed by atoms with Gasteiger partial charge in [-0.05, 0) is 6.42 Å². The molecule has 2 atom stereocenters. The molecule has 6 nitrogen and oxygen atoms in total. The number of hydrogen-bond acceptors (Lipinski definition) is 4. The lowest BCUT2D eigenvalue weighted by Crippen LogP contribution is -2.54. The number of aliphatic carboxylic acids is 1. The molecule has 0 aliphatic carbocycles. The molecular weight excluding hydrogens is 236 g/mol. The van der Waals surface area contributed by atoms with Crippen molar-refractivity contribution in [1.82, 2.24) is 4.90 Å². The van der Waals surface area contributed by atoms with Gasteiger partial charge in [-0.25, -0.2) is 0 Å². The second-order valence-corrected chi connectivity index (χ2v) is 4.61. The fourth-order valence-electron chi connectivity index (χ4n) is 2.08. The Balaban J connectivity index is 2.58. The van der Waals surface area contributed by atoms with E-state index in [0.29, 0.717) is 19.6 Å². The van der Waals surface area contributed by atoms with Crippen LogP contribution in [0.25, 0.3) is 0 Å². The summed E-state index contributed by atoms with van der Waals surface area (Å²) in [6.07, 6.45) is 2.45. The highest BCUT2D eigenvalue weighted by Gasteiger charge is 2.31. The third-order valence-electron chi connectivity index (χ3n) is 3.11. The molecule has 1 amide bonds.